The van der Waals surface area contributed by atoms with Crippen molar-refractivity contribution in [2.75, 3.05) is 19.8 Å². The van der Waals surface area contributed by atoms with Crippen LogP contribution in [0, 0.1) is 5.92 Å². The Bertz CT molecular complexity index is 258. The zero-order valence-corrected chi connectivity index (χ0v) is 16.5. The van der Waals surface area contributed by atoms with Crippen LogP contribution in [-0.2, 0) is 14.2 Å². The third-order valence-electron chi connectivity index (χ3n) is 4.29. The first-order valence-electron chi connectivity index (χ1n) is 9.99. The summed E-state index contributed by atoms with van der Waals surface area (Å²) in [5.41, 5.74) is 11.5. The van der Waals surface area contributed by atoms with Gasteiger partial charge in [0, 0.05) is 25.7 Å². The second-order valence-electron chi connectivity index (χ2n) is 6.40. The Labute approximate surface area is 149 Å². The molecule has 0 saturated carbocycles. The van der Waals surface area contributed by atoms with Crippen LogP contribution in [0.25, 0.3) is 0 Å². The van der Waals surface area contributed by atoms with Crippen LogP contribution in [0.4, 0.5) is 0 Å². The van der Waals surface area contributed by atoms with E-state index in [1.165, 1.54) is 32.1 Å². The topological polar surface area (TPSA) is 79.7 Å². The van der Waals surface area contributed by atoms with Crippen molar-refractivity contribution >= 4 is 0 Å². The number of ether oxygens (including phenoxy) is 3. The summed E-state index contributed by atoms with van der Waals surface area (Å²) in [7, 11) is 0. The lowest BCUT2D eigenvalue weighted by Crippen LogP contribution is -2.47. The molecule has 0 fully saturated rings. The second-order valence-corrected chi connectivity index (χ2v) is 6.40. The third kappa shape index (κ3) is 9.94. The van der Waals surface area contributed by atoms with Gasteiger partial charge in [0.2, 0.25) is 0 Å². The lowest BCUT2D eigenvalue weighted by Gasteiger charge is -2.39. The van der Waals surface area contributed by atoms with E-state index >= 15 is 0 Å². The van der Waals surface area contributed by atoms with Crippen molar-refractivity contribution in [3.63, 3.8) is 0 Å². The van der Waals surface area contributed by atoms with Gasteiger partial charge in [-0.2, -0.15) is 0 Å². The zero-order valence-electron chi connectivity index (χ0n) is 16.5. The monoisotopic (exact) mass is 346 g/mol. The van der Waals surface area contributed by atoms with E-state index in [2.05, 4.69) is 6.92 Å². The molecular weight excluding hydrogens is 304 g/mol. The van der Waals surface area contributed by atoms with Gasteiger partial charge in [-0.25, -0.2) is 0 Å². The van der Waals surface area contributed by atoms with E-state index in [0.29, 0.717) is 19.8 Å². The average Bonchev–Trinajstić information content (AvgIpc) is 2.53. The van der Waals surface area contributed by atoms with Crippen LogP contribution in [0.15, 0.2) is 0 Å². The maximum Gasteiger partial charge on any atom is 0.285 e. The Hall–Kier alpha value is -0.200. The van der Waals surface area contributed by atoms with Crippen LogP contribution >= 0.6 is 0 Å². The minimum absolute atomic E-state index is 0.151. The summed E-state index contributed by atoms with van der Waals surface area (Å²) in [6.07, 6.45) is 9.92. The molecule has 1 atom stereocenters. The van der Waals surface area contributed by atoms with Gasteiger partial charge in [0.25, 0.3) is 5.97 Å². The van der Waals surface area contributed by atoms with Crippen LogP contribution in [0.3, 0.4) is 0 Å². The predicted molar refractivity (Wildman–Crippen MR) is 100 cm³/mol. The molecule has 0 spiro atoms. The summed E-state index contributed by atoms with van der Waals surface area (Å²) < 4.78 is 17.9. The molecule has 0 aromatic rings. The Balaban J connectivity index is 4.80. The molecule has 4 N–H and O–H groups in total. The lowest BCUT2D eigenvalue weighted by molar-refractivity contribution is -0.403. The van der Waals surface area contributed by atoms with Crippen LogP contribution < -0.4 is 11.5 Å². The van der Waals surface area contributed by atoms with Gasteiger partial charge < -0.3 is 25.7 Å². The molecule has 0 bridgehead atoms. The fourth-order valence-electron chi connectivity index (χ4n) is 3.14. The van der Waals surface area contributed by atoms with Gasteiger partial charge in [-0.1, -0.05) is 45.4 Å². The minimum atomic E-state index is -0.962. The van der Waals surface area contributed by atoms with E-state index in [9.17, 15) is 0 Å². The number of rotatable bonds is 17. The van der Waals surface area contributed by atoms with Crippen LogP contribution in [0.2, 0.25) is 0 Å². The zero-order chi connectivity index (χ0) is 18.3. The van der Waals surface area contributed by atoms with E-state index in [-0.39, 0.29) is 12.1 Å². The van der Waals surface area contributed by atoms with E-state index in [1.807, 2.05) is 20.8 Å². The van der Waals surface area contributed by atoms with Gasteiger partial charge in [0.1, 0.15) is 0 Å². The summed E-state index contributed by atoms with van der Waals surface area (Å²) in [6.45, 7) is 9.84. The molecular formula is C19H42N2O3. The molecule has 24 heavy (non-hydrogen) atoms. The molecule has 0 amide bonds. The second kappa shape index (κ2) is 15.1. The third-order valence-corrected chi connectivity index (χ3v) is 4.29. The van der Waals surface area contributed by atoms with Crippen molar-refractivity contribution in [2.45, 2.75) is 97.6 Å². The van der Waals surface area contributed by atoms with E-state index in [0.717, 1.165) is 25.7 Å². The van der Waals surface area contributed by atoms with E-state index in [4.69, 9.17) is 25.7 Å². The van der Waals surface area contributed by atoms with E-state index < -0.39 is 5.97 Å². The number of nitrogens with two attached hydrogens (primary N) is 2. The number of unbranched alkanes of at least 4 members (excludes halogenated alkanes) is 5. The molecule has 0 saturated heterocycles. The average molecular weight is 347 g/mol. The van der Waals surface area contributed by atoms with Gasteiger partial charge >= 0.3 is 0 Å². The summed E-state index contributed by atoms with van der Waals surface area (Å²) in [6, 6.07) is 0. The molecule has 0 rings (SSSR count). The van der Waals surface area contributed by atoms with Crippen molar-refractivity contribution < 1.29 is 14.2 Å². The Morgan fingerprint density at radius 2 is 1.17 bits per heavy atom. The first-order valence-corrected chi connectivity index (χ1v) is 9.99. The highest BCUT2D eigenvalue weighted by atomic mass is 16.9. The van der Waals surface area contributed by atoms with Crippen LogP contribution in [0.1, 0.15) is 85.5 Å². The molecule has 146 valence electrons. The van der Waals surface area contributed by atoms with Crippen molar-refractivity contribution in [3.05, 3.63) is 0 Å². The molecule has 5 nitrogen and oxygen atoms in total. The van der Waals surface area contributed by atoms with Gasteiger partial charge in [-0.05, 0) is 40.0 Å². The molecule has 0 radical (unpaired) electrons. The highest BCUT2D eigenvalue weighted by molar-refractivity contribution is 4.74. The Kier molecular flexibility index (Phi) is 15.0. The maximum atomic E-state index is 5.97. The van der Waals surface area contributed by atoms with Crippen molar-refractivity contribution in [2.24, 2.45) is 17.4 Å². The molecule has 0 aromatic carbocycles. The van der Waals surface area contributed by atoms with Crippen LogP contribution in [0.5, 0.6) is 0 Å². The smallest absolute Gasteiger partial charge is 0.285 e. The predicted octanol–water partition coefficient (Wildman–Crippen LogP) is 4.14. The van der Waals surface area contributed by atoms with Crippen molar-refractivity contribution in [3.8, 4) is 0 Å². The molecule has 5 heteroatoms. The quantitative estimate of drug-likeness (QED) is 0.306. The molecule has 0 aromatic heterocycles. The molecule has 0 aliphatic rings. The standard InChI is InChI=1S/C19H42N2O3/c1-5-9-10-11-12-13-14-17(15-16-18(20)21)19(22-6-2,23-7-3)24-8-4/h17-18H,5-16,20-21H2,1-4H3/t17-/m1/s1. The Morgan fingerprint density at radius 1 is 0.667 bits per heavy atom. The van der Waals surface area contributed by atoms with E-state index in [1.54, 1.807) is 0 Å². The van der Waals surface area contributed by atoms with Gasteiger partial charge in [0.15, 0.2) is 0 Å². The number of hydrogen-bond donors (Lipinski definition) is 2. The molecule has 0 unspecified atom stereocenters. The van der Waals surface area contributed by atoms with Gasteiger partial charge in [0.05, 0.1) is 6.17 Å². The first kappa shape index (κ1) is 23.8. The van der Waals surface area contributed by atoms with Crippen LogP contribution in [-0.4, -0.2) is 32.0 Å². The molecule has 0 aliphatic carbocycles. The Morgan fingerprint density at radius 3 is 1.62 bits per heavy atom. The maximum absolute atomic E-state index is 5.97. The number of hydrogen-bond acceptors (Lipinski definition) is 5. The largest absolute Gasteiger partial charge is 0.328 e. The normalized spacial score (nSPS) is 13.6. The molecule has 0 aliphatic heterocycles. The highest BCUT2D eigenvalue weighted by Gasteiger charge is 2.41. The minimum Gasteiger partial charge on any atom is -0.328 e. The van der Waals surface area contributed by atoms with Gasteiger partial charge in [-0.15, -0.1) is 0 Å². The summed E-state index contributed by atoms with van der Waals surface area (Å²) >= 11 is 0. The lowest BCUT2D eigenvalue weighted by atomic mass is 9.92. The summed E-state index contributed by atoms with van der Waals surface area (Å²) in [5.74, 6) is -0.811. The SMILES string of the molecule is CCCCCCCC[C@H](CCC(N)N)C(OCC)(OCC)OCC. The molecule has 0 heterocycles. The fraction of sp³-hybridized carbons (Fsp3) is 1.00. The fourth-order valence-corrected chi connectivity index (χ4v) is 3.14. The van der Waals surface area contributed by atoms with Crippen molar-refractivity contribution in [1.29, 1.82) is 0 Å². The summed E-state index contributed by atoms with van der Waals surface area (Å²) in [5, 5.41) is 0. The van der Waals surface area contributed by atoms with Gasteiger partial charge in [-0.3, -0.25) is 0 Å². The first-order chi connectivity index (χ1) is 11.6. The highest BCUT2D eigenvalue weighted by Crippen LogP contribution is 2.34. The van der Waals surface area contributed by atoms with Crippen molar-refractivity contribution in [1.82, 2.24) is 0 Å². The summed E-state index contributed by atoms with van der Waals surface area (Å²) in [4.78, 5) is 0.